The topological polar surface area (TPSA) is 64.0 Å². The summed E-state index contributed by atoms with van der Waals surface area (Å²) in [6.07, 6.45) is 1.95. The van der Waals surface area contributed by atoms with Crippen LogP contribution in [-0.2, 0) is 16.9 Å². The van der Waals surface area contributed by atoms with Crippen LogP contribution >= 0.6 is 0 Å². The van der Waals surface area contributed by atoms with Crippen LogP contribution in [0, 0.1) is 0 Å². The van der Waals surface area contributed by atoms with Crippen LogP contribution in [0.4, 0.5) is 0 Å². The summed E-state index contributed by atoms with van der Waals surface area (Å²) in [6.45, 7) is 16.4. The lowest BCUT2D eigenvalue weighted by Crippen LogP contribution is -2.32. The van der Waals surface area contributed by atoms with Crippen LogP contribution < -0.4 is 10.6 Å². The SMILES string of the molecule is CC.CC.CNCCn1cc(C(C)(C)OCC(C)NC)nn1. The Morgan fingerprint density at radius 1 is 1.23 bits per heavy atom. The molecule has 22 heavy (non-hydrogen) atoms. The molecule has 0 aromatic carbocycles. The zero-order valence-corrected chi connectivity index (χ0v) is 16.0. The number of rotatable bonds is 8. The molecule has 1 aromatic rings. The van der Waals surface area contributed by atoms with Crippen molar-refractivity contribution >= 4 is 0 Å². The lowest BCUT2D eigenvalue weighted by Gasteiger charge is -2.24. The molecule has 0 spiro atoms. The molecule has 1 unspecified atom stereocenters. The average Bonchev–Trinajstić information content (AvgIpc) is 3.04. The van der Waals surface area contributed by atoms with Crippen LogP contribution in [0.15, 0.2) is 6.20 Å². The average molecular weight is 316 g/mol. The molecule has 0 fully saturated rings. The van der Waals surface area contributed by atoms with Crippen molar-refractivity contribution in [3.63, 3.8) is 0 Å². The van der Waals surface area contributed by atoms with E-state index in [2.05, 4.69) is 27.9 Å². The fourth-order valence-corrected chi connectivity index (χ4v) is 1.40. The quantitative estimate of drug-likeness (QED) is 0.771. The van der Waals surface area contributed by atoms with Gasteiger partial charge in [0.05, 0.1) is 19.3 Å². The van der Waals surface area contributed by atoms with Crippen molar-refractivity contribution < 1.29 is 4.74 Å². The number of hydrogen-bond acceptors (Lipinski definition) is 5. The minimum absolute atomic E-state index is 0.323. The van der Waals surface area contributed by atoms with Crippen molar-refractivity contribution in [1.29, 1.82) is 0 Å². The van der Waals surface area contributed by atoms with Crippen LogP contribution in [0.5, 0.6) is 0 Å². The predicted molar refractivity (Wildman–Crippen MR) is 94.1 cm³/mol. The number of likely N-dealkylation sites (N-methyl/N-ethyl adjacent to an activating group) is 2. The van der Waals surface area contributed by atoms with Gasteiger partial charge < -0.3 is 15.4 Å². The summed E-state index contributed by atoms with van der Waals surface area (Å²) in [5.74, 6) is 0. The number of ether oxygens (including phenoxy) is 1. The van der Waals surface area contributed by atoms with Crippen LogP contribution in [0.1, 0.15) is 54.2 Å². The second-order valence-corrected chi connectivity index (χ2v) is 4.98. The number of hydrogen-bond donors (Lipinski definition) is 2. The molecule has 1 atom stereocenters. The highest BCUT2D eigenvalue weighted by atomic mass is 16.5. The van der Waals surface area contributed by atoms with E-state index < -0.39 is 5.60 Å². The smallest absolute Gasteiger partial charge is 0.114 e. The van der Waals surface area contributed by atoms with Gasteiger partial charge in [0, 0.05) is 12.6 Å². The molecule has 0 aliphatic heterocycles. The van der Waals surface area contributed by atoms with Crippen LogP contribution in [0.2, 0.25) is 0 Å². The maximum atomic E-state index is 5.89. The Labute approximate surface area is 137 Å². The number of nitrogens with zero attached hydrogens (tertiary/aromatic N) is 3. The van der Waals surface area contributed by atoms with Crippen molar-refractivity contribution in [3.05, 3.63) is 11.9 Å². The summed E-state index contributed by atoms with van der Waals surface area (Å²) >= 11 is 0. The highest BCUT2D eigenvalue weighted by Gasteiger charge is 2.25. The molecule has 1 rings (SSSR count). The van der Waals surface area contributed by atoms with Gasteiger partial charge in [-0.3, -0.25) is 4.68 Å². The Kier molecular flexibility index (Phi) is 14.5. The van der Waals surface area contributed by atoms with Gasteiger partial charge >= 0.3 is 0 Å². The zero-order chi connectivity index (χ0) is 17.6. The van der Waals surface area contributed by atoms with Crippen molar-refractivity contribution in [2.24, 2.45) is 0 Å². The first-order chi connectivity index (χ1) is 10.5. The summed E-state index contributed by atoms with van der Waals surface area (Å²) < 4.78 is 7.72. The van der Waals surface area contributed by atoms with Gasteiger partial charge in [-0.15, -0.1) is 5.10 Å². The van der Waals surface area contributed by atoms with Crippen LogP contribution in [-0.4, -0.2) is 48.3 Å². The first-order valence-electron chi connectivity index (χ1n) is 8.36. The molecule has 0 saturated carbocycles. The Morgan fingerprint density at radius 3 is 2.32 bits per heavy atom. The Hall–Kier alpha value is -0.980. The molecule has 1 heterocycles. The largest absolute Gasteiger partial charge is 0.368 e. The van der Waals surface area contributed by atoms with Gasteiger partial charge in [-0.2, -0.15) is 0 Å². The number of aromatic nitrogens is 3. The summed E-state index contributed by atoms with van der Waals surface area (Å²) in [5.41, 5.74) is 0.449. The van der Waals surface area contributed by atoms with Gasteiger partial charge in [0.25, 0.3) is 0 Å². The van der Waals surface area contributed by atoms with E-state index in [1.165, 1.54) is 0 Å². The molecule has 0 amide bonds. The third kappa shape index (κ3) is 9.12. The monoisotopic (exact) mass is 315 g/mol. The molecule has 6 heteroatoms. The normalized spacial score (nSPS) is 11.9. The highest BCUT2D eigenvalue weighted by Crippen LogP contribution is 2.22. The van der Waals surface area contributed by atoms with E-state index in [4.69, 9.17) is 4.74 Å². The second-order valence-electron chi connectivity index (χ2n) is 4.98. The zero-order valence-electron chi connectivity index (χ0n) is 16.0. The molecule has 0 aliphatic rings. The second kappa shape index (κ2) is 13.7. The molecule has 0 bridgehead atoms. The fourth-order valence-electron chi connectivity index (χ4n) is 1.40. The summed E-state index contributed by atoms with van der Waals surface area (Å²) in [7, 11) is 3.85. The Balaban J connectivity index is 0. The molecule has 6 nitrogen and oxygen atoms in total. The molecule has 2 N–H and O–H groups in total. The molecular weight excluding hydrogens is 278 g/mol. The van der Waals surface area contributed by atoms with Gasteiger partial charge in [0.1, 0.15) is 11.3 Å². The van der Waals surface area contributed by atoms with E-state index in [0.29, 0.717) is 12.6 Å². The molecule has 1 aromatic heterocycles. The van der Waals surface area contributed by atoms with Crippen molar-refractivity contribution in [2.45, 2.75) is 66.7 Å². The van der Waals surface area contributed by atoms with Gasteiger partial charge in [-0.1, -0.05) is 32.9 Å². The Morgan fingerprint density at radius 2 is 1.82 bits per heavy atom. The summed E-state index contributed by atoms with van der Waals surface area (Å²) in [4.78, 5) is 0. The minimum Gasteiger partial charge on any atom is -0.368 e. The molecular formula is C16H37N5O. The lowest BCUT2D eigenvalue weighted by molar-refractivity contribution is -0.0326. The Bertz CT molecular complexity index is 352. The molecule has 0 saturated heterocycles. The number of nitrogens with one attached hydrogen (secondary N) is 2. The van der Waals surface area contributed by atoms with Crippen molar-refractivity contribution in [3.8, 4) is 0 Å². The summed E-state index contributed by atoms with van der Waals surface area (Å²) in [6, 6.07) is 0.323. The lowest BCUT2D eigenvalue weighted by atomic mass is 10.1. The van der Waals surface area contributed by atoms with E-state index in [0.717, 1.165) is 18.8 Å². The first kappa shape index (κ1) is 23.3. The third-order valence-corrected chi connectivity index (χ3v) is 2.93. The highest BCUT2D eigenvalue weighted by molar-refractivity contribution is 5.04. The standard InChI is InChI=1S/C12H25N5O.2C2H6/c1-10(14-5)9-18-12(2,3)11-8-17(16-15-11)7-6-13-4;2*1-2/h8,10,13-14H,6-7,9H2,1-5H3;2*1-2H3. The van der Waals surface area contributed by atoms with Gasteiger partial charge in [0.2, 0.25) is 0 Å². The maximum Gasteiger partial charge on any atom is 0.114 e. The predicted octanol–water partition coefficient (Wildman–Crippen LogP) is 2.41. The molecule has 132 valence electrons. The van der Waals surface area contributed by atoms with Crippen LogP contribution in [0.25, 0.3) is 0 Å². The van der Waals surface area contributed by atoms with Gasteiger partial charge in [0.15, 0.2) is 0 Å². The van der Waals surface area contributed by atoms with E-state index in [1.54, 1.807) is 0 Å². The van der Waals surface area contributed by atoms with E-state index in [9.17, 15) is 0 Å². The van der Waals surface area contributed by atoms with Gasteiger partial charge in [-0.25, -0.2) is 0 Å². The maximum absolute atomic E-state index is 5.89. The molecule has 0 aliphatic carbocycles. The van der Waals surface area contributed by atoms with E-state index in [-0.39, 0.29) is 0 Å². The molecule has 0 radical (unpaired) electrons. The van der Waals surface area contributed by atoms with Crippen molar-refractivity contribution in [2.75, 3.05) is 27.2 Å². The van der Waals surface area contributed by atoms with E-state index >= 15 is 0 Å². The first-order valence-corrected chi connectivity index (χ1v) is 8.36. The van der Waals surface area contributed by atoms with E-state index in [1.807, 2.05) is 66.5 Å². The van der Waals surface area contributed by atoms with Crippen LogP contribution in [0.3, 0.4) is 0 Å². The fraction of sp³-hybridized carbons (Fsp3) is 0.875. The third-order valence-electron chi connectivity index (χ3n) is 2.93. The van der Waals surface area contributed by atoms with Gasteiger partial charge in [-0.05, 0) is 34.9 Å². The van der Waals surface area contributed by atoms with Crippen molar-refractivity contribution in [1.82, 2.24) is 25.6 Å². The minimum atomic E-state index is -0.414. The summed E-state index contributed by atoms with van der Waals surface area (Å²) in [5, 5.41) is 14.5.